The van der Waals surface area contributed by atoms with Crippen LogP contribution in [0.4, 0.5) is 0 Å². The predicted molar refractivity (Wildman–Crippen MR) is 56.6 cm³/mol. The molecule has 1 aromatic carbocycles. The molecule has 1 aliphatic rings. The summed E-state index contributed by atoms with van der Waals surface area (Å²) in [5, 5.41) is 1.14. The number of hydrogen-bond acceptors (Lipinski definition) is 1. The summed E-state index contributed by atoms with van der Waals surface area (Å²) in [4.78, 5) is 14.0. The van der Waals surface area contributed by atoms with E-state index in [9.17, 15) is 4.79 Å². The summed E-state index contributed by atoms with van der Waals surface area (Å²) in [6.07, 6.45) is 3.59. The molecule has 0 aliphatic heterocycles. The van der Waals surface area contributed by atoms with Crippen molar-refractivity contribution < 1.29 is 0 Å². The Balaban J connectivity index is 2.39. The smallest absolute Gasteiger partial charge is 0.248 e. The third kappa shape index (κ3) is 1.07. The van der Waals surface area contributed by atoms with Crippen LogP contribution in [0.25, 0.3) is 10.9 Å². The molecular weight excluding hydrogens is 174 g/mol. The van der Waals surface area contributed by atoms with E-state index in [0.717, 1.165) is 17.3 Å². The average Bonchev–Trinajstić information content (AvgIpc) is 2.61. The number of H-pyrrole nitrogens is 1. The Morgan fingerprint density at radius 3 is 2.71 bits per heavy atom. The minimum Gasteiger partial charge on any atom is -0.322 e. The summed E-state index contributed by atoms with van der Waals surface area (Å²) in [5.41, 5.74) is 3.80. The van der Waals surface area contributed by atoms with E-state index in [-0.39, 0.29) is 5.56 Å². The van der Waals surface area contributed by atoms with Gasteiger partial charge in [-0.15, -0.1) is 0 Å². The van der Waals surface area contributed by atoms with E-state index in [1.807, 2.05) is 6.07 Å². The van der Waals surface area contributed by atoms with Gasteiger partial charge in [0.15, 0.2) is 0 Å². The van der Waals surface area contributed by atoms with E-state index >= 15 is 0 Å². The molecule has 0 spiro atoms. The molecule has 2 heteroatoms. The highest BCUT2D eigenvalue weighted by Crippen LogP contribution is 2.25. The van der Waals surface area contributed by atoms with Gasteiger partial charge in [0, 0.05) is 11.6 Å². The largest absolute Gasteiger partial charge is 0.322 e. The molecule has 70 valence electrons. The van der Waals surface area contributed by atoms with Crippen molar-refractivity contribution in [1.29, 1.82) is 0 Å². The minimum absolute atomic E-state index is 0.0181. The number of aromatic nitrogens is 1. The zero-order chi connectivity index (χ0) is 9.54. The first-order chi connectivity index (χ1) is 6.83. The first-order valence-electron chi connectivity index (χ1n) is 4.98. The lowest BCUT2D eigenvalue weighted by molar-refractivity contribution is 0.912. The number of pyridine rings is 1. The highest BCUT2D eigenvalue weighted by atomic mass is 16.1. The van der Waals surface area contributed by atoms with Gasteiger partial charge in [0.1, 0.15) is 0 Å². The van der Waals surface area contributed by atoms with Crippen LogP contribution in [0.5, 0.6) is 0 Å². The van der Waals surface area contributed by atoms with Crippen LogP contribution in [0.3, 0.4) is 0 Å². The number of aromatic amines is 1. The molecule has 1 aliphatic carbocycles. The van der Waals surface area contributed by atoms with Crippen molar-refractivity contribution in [3.8, 4) is 0 Å². The number of aryl methyl sites for hydroxylation is 2. The molecule has 2 nitrogen and oxygen atoms in total. The Kier molecular flexibility index (Phi) is 1.51. The fourth-order valence-electron chi connectivity index (χ4n) is 2.23. The van der Waals surface area contributed by atoms with Crippen LogP contribution >= 0.6 is 0 Å². The van der Waals surface area contributed by atoms with E-state index in [1.54, 1.807) is 6.07 Å². The standard InChI is InChI=1S/C12H11NO/c14-12-5-4-10-6-8-2-1-3-9(8)7-11(10)13-12/h4-7H,1-3H2,(H,13,14). The molecule has 0 bridgehead atoms. The molecule has 1 N–H and O–H groups in total. The second kappa shape index (κ2) is 2.71. The van der Waals surface area contributed by atoms with Gasteiger partial charge < -0.3 is 4.98 Å². The Morgan fingerprint density at radius 1 is 1.07 bits per heavy atom. The molecule has 0 saturated carbocycles. The van der Waals surface area contributed by atoms with E-state index in [0.29, 0.717) is 0 Å². The molecule has 0 saturated heterocycles. The summed E-state index contributed by atoms with van der Waals surface area (Å²) in [5.74, 6) is 0. The van der Waals surface area contributed by atoms with Crippen molar-refractivity contribution in [3.63, 3.8) is 0 Å². The molecule has 0 amide bonds. The normalized spacial score (nSPS) is 14.6. The molecule has 0 unspecified atom stereocenters. The Morgan fingerprint density at radius 2 is 1.86 bits per heavy atom. The monoisotopic (exact) mass is 185 g/mol. The summed E-state index contributed by atoms with van der Waals surface area (Å²) in [6.45, 7) is 0. The SMILES string of the molecule is O=c1ccc2cc3c(cc2[nH]1)CCC3. The fraction of sp³-hybridized carbons (Fsp3) is 0.250. The molecule has 14 heavy (non-hydrogen) atoms. The maximum Gasteiger partial charge on any atom is 0.248 e. The lowest BCUT2D eigenvalue weighted by Gasteiger charge is -2.02. The average molecular weight is 185 g/mol. The van der Waals surface area contributed by atoms with Gasteiger partial charge in [-0.05, 0) is 54.0 Å². The summed E-state index contributed by atoms with van der Waals surface area (Å²) in [6, 6.07) is 7.81. The molecule has 0 atom stereocenters. The summed E-state index contributed by atoms with van der Waals surface area (Å²) < 4.78 is 0. The molecule has 3 rings (SSSR count). The van der Waals surface area contributed by atoms with Crippen LogP contribution in [-0.4, -0.2) is 4.98 Å². The molecule has 0 fully saturated rings. The highest BCUT2D eigenvalue weighted by Gasteiger charge is 2.11. The number of hydrogen-bond donors (Lipinski definition) is 1. The second-order valence-corrected chi connectivity index (χ2v) is 3.88. The van der Waals surface area contributed by atoms with Crippen molar-refractivity contribution in [2.45, 2.75) is 19.3 Å². The third-order valence-corrected chi connectivity index (χ3v) is 2.94. The number of fused-ring (bicyclic) bond motifs is 2. The molecule has 1 aromatic heterocycles. The Labute approximate surface area is 81.6 Å². The Bertz CT molecular complexity index is 554. The third-order valence-electron chi connectivity index (χ3n) is 2.94. The maximum absolute atomic E-state index is 11.1. The zero-order valence-electron chi connectivity index (χ0n) is 7.84. The van der Waals surface area contributed by atoms with Crippen LogP contribution in [0.2, 0.25) is 0 Å². The van der Waals surface area contributed by atoms with Gasteiger partial charge in [-0.2, -0.15) is 0 Å². The lowest BCUT2D eigenvalue weighted by atomic mass is 10.1. The van der Waals surface area contributed by atoms with Crippen LogP contribution in [0, 0.1) is 0 Å². The first-order valence-corrected chi connectivity index (χ1v) is 4.98. The molecule has 2 aromatic rings. The lowest BCUT2D eigenvalue weighted by Crippen LogP contribution is -2.02. The van der Waals surface area contributed by atoms with Gasteiger partial charge in [-0.3, -0.25) is 4.79 Å². The van der Waals surface area contributed by atoms with Crippen molar-refractivity contribution >= 4 is 10.9 Å². The van der Waals surface area contributed by atoms with Gasteiger partial charge in [0.25, 0.3) is 0 Å². The second-order valence-electron chi connectivity index (χ2n) is 3.88. The van der Waals surface area contributed by atoms with E-state index in [4.69, 9.17) is 0 Å². The summed E-state index contributed by atoms with van der Waals surface area (Å²) >= 11 is 0. The van der Waals surface area contributed by atoms with Crippen LogP contribution in [0.15, 0.2) is 29.1 Å². The van der Waals surface area contributed by atoms with E-state index < -0.39 is 0 Å². The van der Waals surface area contributed by atoms with Gasteiger partial charge in [0.05, 0.1) is 0 Å². The molecular formula is C12H11NO. The van der Waals surface area contributed by atoms with E-state index in [2.05, 4.69) is 17.1 Å². The van der Waals surface area contributed by atoms with Crippen molar-refractivity contribution in [2.75, 3.05) is 0 Å². The van der Waals surface area contributed by atoms with Crippen molar-refractivity contribution in [3.05, 3.63) is 45.7 Å². The van der Waals surface area contributed by atoms with Crippen LogP contribution < -0.4 is 5.56 Å². The van der Waals surface area contributed by atoms with E-state index in [1.165, 1.54) is 24.0 Å². The quantitative estimate of drug-likeness (QED) is 0.669. The predicted octanol–water partition coefficient (Wildman–Crippen LogP) is 2.02. The number of benzene rings is 1. The van der Waals surface area contributed by atoms with Crippen LogP contribution in [0.1, 0.15) is 17.5 Å². The van der Waals surface area contributed by atoms with Gasteiger partial charge in [-0.25, -0.2) is 0 Å². The number of rotatable bonds is 0. The summed E-state index contributed by atoms with van der Waals surface area (Å²) in [7, 11) is 0. The van der Waals surface area contributed by atoms with Crippen molar-refractivity contribution in [1.82, 2.24) is 4.98 Å². The van der Waals surface area contributed by atoms with Crippen LogP contribution in [-0.2, 0) is 12.8 Å². The maximum atomic E-state index is 11.1. The zero-order valence-corrected chi connectivity index (χ0v) is 7.84. The first kappa shape index (κ1) is 7.80. The van der Waals surface area contributed by atoms with Gasteiger partial charge >= 0.3 is 0 Å². The minimum atomic E-state index is -0.0181. The van der Waals surface area contributed by atoms with Gasteiger partial charge in [-0.1, -0.05) is 0 Å². The Hall–Kier alpha value is -1.57. The van der Waals surface area contributed by atoms with Gasteiger partial charge in [0.2, 0.25) is 5.56 Å². The molecule has 1 heterocycles. The highest BCUT2D eigenvalue weighted by molar-refractivity contribution is 5.80. The molecule has 0 radical (unpaired) electrons. The topological polar surface area (TPSA) is 32.9 Å². The fourth-order valence-corrected chi connectivity index (χ4v) is 2.23. The number of nitrogens with one attached hydrogen (secondary N) is 1. The van der Waals surface area contributed by atoms with Crippen molar-refractivity contribution in [2.24, 2.45) is 0 Å².